The van der Waals surface area contributed by atoms with Gasteiger partial charge < -0.3 is 10.2 Å². The third-order valence-corrected chi connectivity index (χ3v) is 4.89. The Hall–Kier alpha value is -2.99. The first kappa shape index (κ1) is 17.4. The maximum Gasteiger partial charge on any atom is 0.317 e. The molecule has 1 N–H and O–H groups in total. The lowest BCUT2D eigenvalue weighted by Gasteiger charge is -2.34. The van der Waals surface area contributed by atoms with Gasteiger partial charge in [-0.25, -0.2) is 4.79 Å². The first-order chi connectivity index (χ1) is 13.3. The van der Waals surface area contributed by atoms with E-state index < -0.39 is 0 Å². The predicted molar refractivity (Wildman–Crippen MR) is 105 cm³/mol. The van der Waals surface area contributed by atoms with Crippen LogP contribution < -0.4 is 5.32 Å². The molecule has 3 aromatic rings. The molecule has 0 spiro atoms. The number of carbonyl (C=O) groups is 1. The number of nitrogens with zero attached hydrogens (tertiary/aromatic N) is 4. The van der Waals surface area contributed by atoms with Crippen LogP contribution in [0, 0.1) is 0 Å². The summed E-state index contributed by atoms with van der Waals surface area (Å²) >= 11 is 0. The standard InChI is InChI=1S/C21H23N5O/c27-21(24-15-17-4-2-1-3-5-17)26-12-10-25(11-13-26)16-18-6-7-19-20(14-18)23-9-8-22-19/h1-9,14H,10-13,15-16H2,(H,24,27). The molecule has 0 atom stereocenters. The minimum atomic E-state index is 0.0134. The number of hydrogen-bond acceptors (Lipinski definition) is 4. The molecular formula is C21H23N5O. The number of benzene rings is 2. The van der Waals surface area contributed by atoms with Crippen LogP contribution in [0.5, 0.6) is 0 Å². The SMILES string of the molecule is O=C(NCc1ccccc1)N1CCN(Cc2ccc3nccnc3c2)CC1. The molecule has 6 heteroatoms. The summed E-state index contributed by atoms with van der Waals surface area (Å²) in [7, 11) is 0. The molecule has 27 heavy (non-hydrogen) atoms. The van der Waals surface area contributed by atoms with Crippen LogP contribution in [0.4, 0.5) is 4.79 Å². The van der Waals surface area contributed by atoms with Crippen LogP contribution >= 0.6 is 0 Å². The largest absolute Gasteiger partial charge is 0.334 e. The van der Waals surface area contributed by atoms with Crippen molar-refractivity contribution >= 4 is 17.1 Å². The summed E-state index contributed by atoms with van der Waals surface area (Å²) in [5, 5.41) is 3.01. The molecule has 138 valence electrons. The number of rotatable bonds is 4. The molecule has 0 saturated carbocycles. The van der Waals surface area contributed by atoms with Gasteiger partial charge in [0.2, 0.25) is 0 Å². The van der Waals surface area contributed by atoms with Crippen molar-refractivity contribution in [3.05, 3.63) is 72.1 Å². The average Bonchev–Trinajstić information content (AvgIpc) is 2.73. The van der Waals surface area contributed by atoms with E-state index >= 15 is 0 Å². The van der Waals surface area contributed by atoms with Gasteiger partial charge in [-0.15, -0.1) is 0 Å². The summed E-state index contributed by atoms with van der Waals surface area (Å²) in [6.45, 7) is 4.67. The summed E-state index contributed by atoms with van der Waals surface area (Å²) < 4.78 is 0. The average molecular weight is 361 g/mol. The van der Waals surface area contributed by atoms with Crippen molar-refractivity contribution in [2.24, 2.45) is 0 Å². The third-order valence-electron chi connectivity index (χ3n) is 4.89. The Balaban J connectivity index is 1.27. The number of carbonyl (C=O) groups excluding carboxylic acids is 1. The highest BCUT2D eigenvalue weighted by Crippen LogP contribution is 2.14. The zero-order valence-corrected chi connectivity index (χ0v) is 15.2. The number of amides is 2. The summed E-state index contributed by atoms with van der Waals surface area (Å²) in [6, 6.07) is 16.2. The Morgan fingerprint density at radius 3 is 2.41 bits per heavy atom. The second-order valence-electron chi connectivity index (χ2n) is 6.79. The zero-order chi connectivity index (χ0) is 18.5. The molecule has 1 aliphatic heterocycles. The first-order valence-electron chi connectivity index (χ1n) is 9.27. The Bertz CT molecular complexity index is 907. The quantitative estimate of drug-likeness (QED) is 0.776. The Kier molecular flexibility index (Phi) is 5.25. The highest BCUT2D eigenvalue weighted by atomic mass is 16.2. The summed E-state index contributed by atoms with van der Waals surface area (Å²) in [5.41, 5.74) is 4.18. The topological polar surface area (TPSA) is 61.4 Å². The highest BCUT2D eigenvalue weighted by Gasteiger charge is 2.21. The number of urea groups is 1. The van der Waals surface area contributed by atoms with E-state index in [1.807, 2.05) is 41.3 Å². The highest BCUT2D eigenvalue weighted by molar-refractivity contribution is 5.75. The van der Waals surface area contributed by atoms with Crippen molar-refractivity contribution in [3.8, 4) is 0 Å². The van der Waals surface area contributed by atoms with Gasteiger partial charge in [-0.1, -0.05) is 36.4 Å². The number of nitrogens with one attached hydrogen (secondary N) is 1. The van der Waals surface area contributed by atoms with Crippen LogP contribution in [0.25, 0.3) is 11.0 Å². The van der Waals surface area contributed by atoms with Gasteiger partial charge in [-0.2, -0.15) is 0 Å². The summed E-state index contributed by atoms with van der Waals surface area (Å²) in [6.07, 6.45) is 3.43. The van der Waals surface area contributed by atoms with E-state index in [1.54, 1.807) is 12.4 Å². The molecule has 1 fully saturated rings. The number of fused-ring (bicyclic) bond motifs is 1. The first-order valence-corrected chi connectivity index (χ1v) is 9.27. The molecule has 0 bridgehead atoms. The molecule has 1 saturated heterocycles. The van der Waals surface area contributed by atoms with E-state index in [0.29, 0.717) is 6.54 Å². The zero-order valence-electron chi connectivity index (χ0n) is 15.2. The molecule has 0 unspecified atom stereocenters. The van der Waals surface area contributed by atoms with Gasteiger partial charge in [-0.3, -0.25) is 14.9 Å². The van der Waals surface area contributed by atoms with Gasteiger partial charge in [0.15, 0.2) is 0 Å². The predicted octanol–water partition coefficient (Wildman–Crippen LogP) is 2.66. The van der Waals surface area contributed by atoms with E-state index in [9.17, 15) is 4.79 Å². The monoisotopic (exact) mass is 361 g/mol. The van der Waals surface area contributed by atoms with Crippen molar-refractivity contribution in [2.45, 2.75) is 13.1 Å². The van der Waals surface area contributed by atoms with Crippen LogP contribution in [0.2, 0.25) is 0 Å². The van der Waals surface area contributed by atoms with Gasteiger partial charge in [0.1, 0.15) is 0 Å². The molecular weight excluding hydrogens is 338 g/mol. The Morgan fingerprint density at radius 2 is 1.63 bits per heavy atom. The maximum absolute atomic E-state index is 12.4. The minimum absolute atomic E-state index is 0.0134. The fraction of sp³-hybridized carbons (Fsp3) is 0.286. The normalized spacial score (nSPS) is 15.0. The molecule has 6 nitrogen and oxygen atoms in total. The van der Waals surface area contributed by atoms with Crippen molar-refractivity contribution < 1.29 is 4.79 Å². The van der Waals surface area contributed by atoms with Gasteiger partial charge in [0, 0.05) is 51.7 Å². The second-order valence-corrected chi connectivity index (χ2v) is 6.79. The lowest BCUT2D eigenvalue weighted by atomic mass is 10.1. The van der Waals surface area contributed by atoms with Gasteiger partial charge in [0.05, 0.1) is 11.0 Å². The van der Waals surface area contributed by atoms with Crippen molar-refractivity contribution in [3.63, 3.8) is 0 Å². The van der Waals surface area contributed by atoms with E-state index in [2.05, 4.69) is 32.3 Å². The fourth-order valence-electron chi connectivity index (χ4n) is 3.36. The van der Waals surface area contributed by atoms with Gasteiger partial charge in [-0.05, 0) is 23.3 Å². The number of hydrogen-bond donors (Lipinski definition) is 1. The fourth-order valence-corrected chi connectivity index (χ4v) is 3.36. The van der Waals surface area contributed by atoms with Crippen LogP contribution in [0.1, 0.15) is 11.1 Å². The smallest absolute Gasteiger partial charge is 0.317 e. The molecule has 0 radical (unpaired) electrons. The molecule has 2 amide bonds. The van der Waals surface area contributed by atoms with Crippen molar-refractivity contribution in [2.75, 3.05) is 26.2 Å². The lowest BCUT2D eigenvalue weighted by Crippen LogP contribution is -2.51. The third kappa shape index (κ3) is 4.41. The van der Waals surface area contributed by atoms with Gasteiger partial charge in [0.25, 0.3) is 0 Å². The van der Waals surface area contributed by atoms with Crippen molar-refractivity contribution in [1.29, 1.82) is 0 Å². The maximum atomic E-state index is 12.4. The van der Waals surface area contributed by atoms with Crippen LogP contribution in [-0.2, 0) is 13.1 Å². The van der Waals surface area contributed by atoms with Gasteiger partial charge >= 0.3 is 6.03 Å². The van der Waals surface area contributed by atoms with E-state index in [-0.39, 0.29) is 6.03 Å². The van der Waals surface area contributed by atoms with E-state index in [0.717, 1.165) is 49.3 Å². The Labute approximate surface area is 158 Å². The second kappa shape index (κ2) is 8.14. The minimum Gasteiger partial charge on any atom is -0.334 e. The molecule has 2 heterocycles. The molecule has 1 aromatic heterocycles. The van der Waals surface area contributed by atoms with Crippen LogP contribution in [0.15, 0.2) is 60.9 Å². The Morgan fingerprint density at radius 1 is 0.889 bits per heavy atom. The molecule has 0 aliphatic carbocycles. The number of piperazine rings is 1. The van der Waals surface area contributed by atoms with Crippen LogP contribution in [0.3, 0.4) is 0 Å². The summed E-state index contributed by atoms with van der Waals surface area (Å²) in [4.78, 5) is 25.3. The molecule has 1 aliphatic rings. The van der Waals surface area contributed by atoms with Crippen LogP contribution in [-0.4, -0.2) is 52.0 Å². The molecule has 2 aromatic carbocycles. The molecule has 4 rings (SSSR count). The lowest BCUT2D eigenvalue weighted by molar-refractivity contribution is 0.135. The van der Waals surface area contributed by atoms with E-state index in [1.165, 1.54) is 5.56 Å². The number of aromatic nitrogens is 2. The van der Waals surface area contributed by atoms with E-state index in [4.69, 9.17) is 0 Å². The summed E-state index contributed by atoms with van der Waals surface area (Å²) in [5.74, 6) is 0. The van der Waals surface area contributed by atoms with Crippen molar-refractivity contribution in [1.82, 2.24) is 25.1 Å².